The first kappa shape index (κ1) is 16.5. The van der Waals surface area contributed by atoms with Gasteiger partial charge in [0.15, 0.2) is 0 Å². The Morgan fingerprint density at radius 3 is 2.59 bits per heavy atom. The largest absolute Gasteiger partial charge is 0.352 e. The van der Waals surface area contributed by atoms with Gasteiger partial charge in [0.05, 0.1) is 10.6 Å². The smallest absolute Gasteiger partial charge is 0.257 e. The van der Waals surface area contributed by atoms with Crippen molar-refractivity contribution in [3.63, 3.8) is 0 Å². The van der Waals surface area contributed by atoms with Crippen LogP contribution in [0.15, 0.2) is 46.9 Å². The van der Waals surface area contributed by atoms with Crippen LogP contribution in [0.4, 0.5) is 5.69 Å². The number of hydrogen-bond acceptors (Lipinski definition) is 2. The molecule has 0 bridgehead atoms. The average Bonchev–Trinajstić information content (AvgIpc) is 2.47. The fraction of sp³-hybridized carbons (Fsp3) is 0.125. The zero-order valence-electron chi connectivity index (χ0n) is 11.8. The maximum atomic E-state index is 12.2. The summed E-state index contributed by atoms with van der Waals surface area (Å²) in [6.45, 7) is 2.39. The van der Waals surface area contributed by atoms with E-state index in [4.69, 9.17) is 11.6 Å². The predicted molar refractivity (Wildman–Crippen MR) is 91.6 cm³/mol. The highest BCUT2D eigenvalue weighted by Crippen LogP contribution is 2.22. The first-order chi connectivity index (χ1) is 10.5. The van der Waals surface area contributed by atoms with Crippen LogP contribution in [0.2, 0.25) is 5.02 Å². The third-order valence-corrected chi connectivity index (χ3v) is 3.70. The van der Waals surface area contributed by atoms with Crippen LogP contribution in [0.1, 0.15) is 27.6 Å². The molecule has 6 heteroatoms. The lowest BCUT2D eigenvalue weighted by Crippen LogP contribution is -2.22. The van der Waals surface area contributed by atoms with E-state index in [9.17, 15) is 9.59 Å². The molecule has 0 spiro atoms. The van der Waals surface area contributed by atoms with Crippen LogP contribution < -0.4 is 10.6 Å². The highest BCUT2D eigenvalue weighted by molar-refractivity contribution is 9.10. The zero-order chi connectivity index (χ0) is 16.1. The molecular weight excluding hydrogens is 368 g/mol. The molecule has 22 heavy (non-hydrogen) atoms. The highest BCUT2D eigenvalue weighted by Gasteiger charge is 2.12. The molecule has 0 aliphatic carbocycles. The van der Waals surface area contributed by atoms with Crippen LogP contribution in [0.25, 0.3) is 0 Å². The van der Waals surface area contributed by atoms with E-state index in [1.165, 1.54) is 0 Å². The number of rotatable bonds is 4. The molecule has 0 heterocycles. The fourth-order valence-electron chi connectivity index (χ4n) is 1.87. The maximum Gasteiger partial charge on any atom is 0.257 e. The summed E-state index contributed by atoms with van der Waals surface area (Å²) < 4.78 is 0.798. The van der Waals surface area contributed by atoms with E-state index in [0.29, 0.717) is 28.4 Å². The fourth-order valence-corrected chi connectivity index (χ4v) is 2.63. The number of benzene rings is 2. The van der Waals surface area contributed by atoms with E-state index in [1.807, 2.05) is 6.92 Å². The minimum Gasteiger partial charge on any atom is -0.352 e. The minimum atomic E-state index is -0.328. The summed E-state index contributed by atoms with van der Waals surface area (Å²) in [5, 5.41) is 5.80. The van der Waals surface area contributed by atoms with Gasteiger partial charge in [-0.3, -0.25) is 9.59 Å². The summed E-state index contributed by atoms with van der Waals surface area (Å²) >= 11 is 9.35. The number of anilines is 1. The Hall–Kier alpha value is -1.85. The van der Waals surface area contributed by atoms with E-state index in [2.05, 4.69) is 26.6 Å². The van der Waals surface area contributed by atoms with Crippen LogP contribution in [0, 0.1) is 0 Å². The SMILES string of the molecule is CCNC(=O)c1cccc(NC(=O)c2ccc(Br)cc2Cl)c1. The molecule has 0 radical (unpaired) electrons. The van der Waals surface area contributed by atoms with Crippen molar-refractivity contribution in [3.8, 4) is 0 Å². The average molecular weight is 382 g/mol. The van der Waals surface area contributed by atoms with Gasteiger partial charge in [-0.1, -0.05) is 33.6 Å². The number of amides is 2. The van der Waals surface area contributed by atoms with Crippen molar-refractivity contribution >= 4 is 45.0 Å². The first-order valence-electron chi connectivity index (χ1n) is 6.66. The molecular formula is C16H14BrClN2O2. The molecule has 2 amide bonds. The molecule has 0 saturated heterocycles. The standard InChI is InChI=1S/C16H14BrClN2O2/c1-2-19-15(21)10-4-3-5-12(8-10)20-16(22)13-7-6-11(17)9-14(13)18/h3-9H,2H2,1H3,(H,19,21)(H,20,22). The number of hydrogen-bond donors (Lipinski definition) is 2. The first-order valence-corrected chi connectivity index (χ1v) is 7.83. The molecule has 0 aromatic heterocycles. The Bertz CT molecular complexity index is 719. The number of carbonyl (C=O) groups is 2. The summed E-state index contributed by atoms with van der Waals surface area (Å²) in [5.41, 5.74) is 1.39. The summed E-state index contributed by atoms with van der Waals surface area (Å²) in [5.74, 6) is -0.508. The Balaban J connectivity index is 2.18. The summed E-state index contributed by atoms with van der Waals surface area (Å²) in [4.78, 5) is 24.0. The van der Waals surface area contributed by atoms with Gasteiger partial charge in [-0.25, -0.2) is 0 Å². The topological polar surface area (TPSA) is 58.2 Å². The van der Waals surface area contributed by atoms with Gasteiger partial charge in [0.25, 0.3) is 11.8 Å². The van der Waals surface area contributed by atoms with Crippen molar-refractivity contribution in [2.24, 2.45) is 0 Å². The zero-order valence-corrected chi connectivity index (χ0v) is 14.2. The monoisotopic (exact) mass is 380 g/mol. The molecule has 0 aliphatic rings. The number of halogens is 2. The lowest BCUT2D eigenvalue weighted by molar-refractivity contribution is 0.0954. The Labute approximate surface area is 142 Å². The molecule has 0 unspecified atom stereocenters. The highest BCUT2D eigenvalue weighted by atomic mass is 79.9. The van der Waals surface area contributed by atoms with Crippen LogP contribution in [-0.4, -0.2) is 18.4 Å². The molecule has 0 saturated carbocycles. The summed E-state index contributed by atoms with van der Waals surface area (Å²) in [6.07, 6.45) is 0. The van der Waals surface area contributed by atoms with Crippen molar-refractivity contribution in [3.05, 3.63) is 63.1 Å². The van der Waals surface area contributed by atoms with Gasteiger partial charge in [0, 0.05) is 22.3 Å². The van der Waals surface area contributed by atoms with Crippen molar-refractivity contribution in [2.75, 3.05) is 11.9 Å². The van der Waals surface area contributed by atoms with E-state index < -0.39 is 0 Å². The quantitative estimate of drug-likeness (QED) is 0.837. The normalized spacial score (nSPS) is 10.1. The van der Waals surface area contributed by atoms with Gasteiger partial charge in [0.2, 0.25) is 0 Å². The Morgan fingerprint density at radius 1 is 1.14 bits per heavy atom. The molecule has 0 fully saturated rings. The minimum absolute atomic E-state index is 0.180. The molecule has 0 aliphatic heterocycles. The third-order valence-electron chi connectivity index (χ3n) is 2.90. The predicted octanol–water partition coefficient (Wildman–Crippen LogP) is 4.10. The Kier molecular flexibility index (Phi) is 5.57. The van der Waals surface area contributed by atoms with Gasteiger partial charge < -0.3 is 10.6 Å². The van der Waals surface area contributed by atoms with E-state index in [0.717, 1.165) is 4.47 Å². The second-order valence-electron chi connectivity index (χ2n) is 4.52. The van der Waals surface area contributed by atoms with Crippen LogP contribution in [0.3, 0.4) is 0 Å². The molecule has 4 nitrogen and oxygen atoms in total. The van der Waals surface area contributed by atoms with Crippen LogP contribution in [-0.2, 0) is 0 Å². The summed E-state index contributed by atoms with van der Waals surface area (Å²) in [7, 11) is 0. The molecule has 2 aromatic carbocycles. The van der Waals surface area contributed by atoms with Crippen molar-refractivity contribution < 1.29 is 9.59 Å². The van der Waals surface area contributed by atoms with Crippen molar-refractivity contribution in [1.29, 1.82) is 0 Å². The van der Waals surface area contributed by atoms with E-state index in [-0.39, 0.29) is 11.8 Å². The van der Waals surface area contributed by atoms with Crippen molar-refractivity contribution in [1.82, 2.24) is 5.32 Å². The van der Waals surface area contributed by atoms with Gasteiger partial charge in [0.1, 0.15) is 0 Å². The van der Waals surface area contributed by atoms with E-state index in [1.54, 1.807) is 42.5 Å². The maximum absolute atomic E-state index is 12.2. The third kappa shape index (κ3) is 4.08. The lowest BCUT2D eigenvalue weighted by Gasteiger charge is -2.09. The molecule has 114 valence electrons. The number of carbonyl (C=O) groups excluding carboxylic acids is 2. The van der Waals surface area contributed by atoms with Gasteiger partial charge in [-0.15, -0.1) is 0 Å². The van der Waals surface area contributed by atoms with Gasteiger partial charge >= 0.3 is 0 Å². The van der Waals surface area contributed by atoms with Crippen LogP contribution >= 0.6 is 27.5 Å². The van der Waals surface area contributed by atoms with E-state index >= 15 is 0 Å². The second-order valence-corrected chi connectivity index (χ2v) is 5.84. The Morgan fingerprint density at radius 2 is 1.91 bits per heavy atom. The van der Waals surface area contributed by atoms with Gasteiger partial charge in [-0.05, 0) is 43.3 Å². The molecule has 2 rings (SSSR count). The lowest BCUT2D eigenvalue weighted by atomic mass is 10.1. The summed E-state index contributed by atoms with van der Waals surface area (Å²) in [6, 6.07) is 11.8. The molecule has 2 N–H and O–H groups in total. The van der Waals surface area contributed by atoms with Gasteiger partial charge in [-0.2, -0.15) is 0 Å². The van der Waals surface area contributed by atoms with Crippen LogP contribution in [0.5, 0.6) is 0 Å². The molecule has 2 aromatic rings. The molecule has 0 atom stereocenters. The number of nitrogens with one attached hydrogen (secondary N) is 2. The van der Waals surface area contributed by atoms with Crippen molar-refractivity contribution in [2.45, 2.75) is 6.92 Å². The second kappa shape index (κ2) is 7.42.